The van der Waals surface area contributed by atoms with E-state index in [2.05, 4.69) is 48.5 Å². The highest BCUT2D eigenvalue weighted by Gasteiger charge is 2.34. The molecule has 0 aromatic rings. The summed E-state index contributed by atoms with van der Waals surface area (Å²) in [7, 11) is 0. The molecule has 0 bridgehead atoms. The lowest BCUT2D eigenvalue weighted by molar-refractivity contribution is 0.257. The molecule has 0 heteroatoms. The predicted octanol–water partition coefficient (Wildman–Crippen LogP) is 6.40. The standard InChI is InChI=1S/C19H38/c1-13(2)10-16(5)14(3)8-9-15(4)17(6)11-19-12-18(19)7/h13-19H,8-12H2,1-7H3. The van der Waals surface area contributed by atoms with Crippen molar-refractivity contribution in [2.24, 2.45) is 41.4 Å². The summed E-state index contributed by atoms with van der Waals surface area (Å²) >= 11 is 0. The molecule has 1 saturated carbocycles. The summed E-state index contributed by atoms with van der Waals surface area (Å²) in [5.41, 5.74) is 0. The highest BCUT2D eigenvalue weighted by molar-refractivity contribution is 4.84. The first-order chi connectivity index (χ1) is 8.81. The predicted molar refractivity (Wildman–Crippen MR) is 87.2 cm³/mol. The van der Waals surface area contributed by atoms with Gasteiger partial charge in [-0.05, 0) is 60.7 Å². The summed E-state index contributed by atoms with van der Waals surface area (Å²) in [5, 5.41) is 0. The van der Waals surface area contributed by atoms with Gasteiger partial charge in [-0.2, -0.15) is 0 Å². The van der Waals surface area contributed by atoms with E-state index < -0.39 is 0 Å². The van der Waals surface area contributed by atoms with Crippen LogP contribution in [0.1, 0.15) is 80.6 Å². The second-order valence-electron chi connectivity index (χ2n) is 8.32. The van der Waals surface area contributed by atoms with E-state index >= 15 is 0 Å². The van der Waals surface area contributed by atoms with Crippen LogP contribution in [0.5, 0.6) is 0 Å². The van der Waals surface area contributed by atoms with Gasteiger partial charge < -0.3 is 0 Å². The van der Waals surface area contributed by atoms with Crippen LogP contribution in [0.25, 0.3) is 0 Å². The van der Waals surface area contributed by atoms with Crippen molar-refractivity contribution in [1.82, 2.24) is 0 Å². The average molecular weight is 267 g/mol. The summed E-state index contributed by atoms with van der Waals surface area (Å²) in [6.45, 7) is 17.0. The summed E-state index contributed by atoms with van der Waals surface area (Å²) in [4.78, 5) is 0. The van der Waals surface area contributed by atoms with Crippen LogP contribution in [-0.2, 0) is 0 Å². The molecule has 0 aromatic heterocycles. The third kappa shape index (κ3) is 6.32. The van der Waals surface area contributed by atoms with Gasteiger partial charge in [-0.3, -0.25) is 0 Å². The van der Waals surface area contributed by atoms with Crippen LogP contribution < -0.4 is 0 Å². The zero-order chi connectivity index (χ0) is 14.6. The Morgan fingerprint density at radius 3 is 1.68 bits per heavy atom. The average Bonchev–Trinajstić information content (AvgIpc) is 3.00. The van der Waals surface area contributed by atoms with Crippen molar-refractivity contribution in [2.75, 3.05) is 0 Å². The summed E-state index contributed by atoms with van der Waals surface area (Å²) < 4.78 is 0. The Hall–Kier alpha value is 0. The molecule has 0 N–H and O–H groups in total. The van der Waals surface area contributed by atoms with Crippen molar-refractivity contribution >= 4 is 0 Å². The fourth-order valence-electron chi connectivity index (χ4n) is 3.51. The molecular formula is C19H38. The highest BCUT2D eigenvalue weighted by atomic mass is 14.4. The molecule has 0 spiro atoms. The summed E-state index contributed by atoms with van der Waals surface area (Å²) in [6, 6.07) is 0. The molecule has 0 saturated heterocycles. The highest BCUT2D eigenvalue weighted by Crippen LogP contribution is 2.44. The Morgan fingerprint density at radius 1 is 0.789 bits per heavy atom. The van der Waals surface area contributed by atoms with E-state index in [-0.39, 0.29) is 0 Å². The minimum atomic E-state index is 0.852. The molecule has 1 aliphatic rings. The van der Waals surface area contributed by atoms with Crippen molar-refractivity contribution < 1.29 is 0 Å². The van der Waals surface area contributed by atoms with Crippen molar-refractivity contribution in [3.05, 3.63) is 0 Å². The Kier molecular flexibility index (Phi) is 6.91. The third-order valence-corrected chi connectivity index (χ3v) is 5.81. The van der Waals surface area contributed by atoms with Gasteiger partial charge in [0.2, 0.25) is 0 Å². The zero-order valence-electron chi connectivity index (χ0n) is 14.6. The molecule has 1 aliphatic carbocycles. The van der Waals surface area contributed by atoms with E-state index in [1.807, 2.05) is 0 Å². The second-order valence-corrected chi connectivity index (χ2v) is 8.32. The molecule has 1 rings (SSSR count). The van der Waals surface area contributed by atoms with Gasteiger partial charge in [0.25, 0.3) is 0 Å². The maximum Gasteiger partial charge on any atom is -0.0383 e. The maximum absolute atomic E-state index is 2.48. The molecule has 0 heterocycles. The van der Waals surface area contributed by atoms with E-state index in [1.54, 1.807) is 0 Å². The normalized spacial score (nSPS) is 29.1. The smallest absolute Gasteiger partial charge is 0.0383 e. The molecule has 1 fully saturated rings. The summed E-state index contributed by atoms with van der Waals surface area (Å²) in [6.07, 6.45) is 7.24. The first kappa shape index (κ1) is 17.1. The van der Waals surface area contributed by atoms with E-state index in [1.165, 1.54) is 32.1 Å². The van der Waals surface area contributed by atoms with E-state index in [0.29, 0.717) is 0 Å². The van der Waals surface area contributed by atoms with Crippen LogP contribution in [0, 0.1) is 41.4 Å². The lowest BCUT2D eigenvalue weighted by atomic mass is 9.81. The van der Waals surface area contributed by atoms with Crippen molar-refractivity contribution in [1.29, 1.82) is 0 Å². The van der Waals surface area contributed by atoms with Gasteiger partial charge in [0, 0.05) is 0 Å². The SMILES string of the molecule is CC(C)CC(C)C(C)CCC(C)C(C)CC1CC1C. The van der Waals surface area contributed by atoms with E-state index in [4.69, 9.17) is 0 Å². The van der Waals surface area contributed by atoms with Gasteiger partial charge in [-0.15, -0.1) is 0 Å². The molecule has 6 unspecified atom stereocenters. The van der Waals surface area contributed by atoms with Crippen LogP contribution in [0.4, 0.5) is 0 Å². The topological polar surface area (TPSA) is 0 Å². The fourth-order valence-corrected chi connectivity index (χ4v) is 3.51. The fraction of sp³-hybridized carbons (Fsp3) is 1.00. The van der Waals surface area contributed by atoms with Crippen molar-refractivity contribution in [3.8, 4) is 0 Å². The first-order valence-corrected chi connectivity index (χ1v) is 8.81. The molecule has 0 aromatic carbocycles. The molecule has 0 nitrogen and oxygen atoms in total. The second kappa shape index (κ2) is 7.70. The quantitative estimate of drug-likeness (QED) is 0.453. The van der Waals surface area contributed by atoms with Crippen molar-refractivity contribution in [3.63, 3.8) is 0 Å². The van der Waals surface area contributed by atoms with Crippen LogP contribution in [0.3, 0.4) is 0 Å². The monoisotopic (exact) mass is 266 g/mol. The molecule has 0 radical (unpaired) electrons. The van der Waals surface area contributed by atoms with E-state index in [9.17, 15) is 0 Å². The van der Waals surface area contributed by atoms with Gasteiger partial charge in [-0.25, -0.2) is 0 Å². The lowest BCUT2D eigenvalue weighted by Gasteiger charge is -2.25. The van der Waals surface area contributed by atoms with Crippen LogP contribution in [0.15, 0.2) is 0 Å². The largest absolute Gasteiger partial charge is 0.0628 e. The molecule has 114 valence electrons. The van der Waals surface area contributed by atoms with Gasteiger partial charge in [0.05, 0.1) is 0 Å². The molecule has 0 aliphatic heterocycles. The molecule has 0 amide bonds. The number of hydrogen-bond acceptors (Lipinski definition) is 0. The van der Waals surface area contributed by atoms with Crippen LogP contribution in [0.2, 0.25) is 0 Å². The Morgan fingerprint density at radius 2 is 1.26 bits per heavy atom. The Labute approximate surface area is 122 Å². The molecule has 6 atom stereocenters. The minimum Gasteiger partial charge on any atom is -0.0628 e. The number of hydrogen-bond donors (Lipinski definition) is 0. The van der Waals surface area contributed by atoms with Gasteiger partial charge in [0.1, 0.15) is 0 Å². The summed E-state index contributed by atoms with van der Waals surface area (Å²) in [5.74, 6) is 6.59. The van der Waals surface area contributed by atoms with E-state index in [0.717, 1.165) is 41.4 Å². The van der Waals surface area contributed by atoms with Crippen LogP contribution >= 0.6 is 0 Å². The minimum absolute atomic E-state index is 0.852. The number of rotatable bonds is 9. The van der Waals surface area contributed by atoms with Gasteiger partial charge >= 0.3 is 0 Å². The van der Waals surface area contributed by atoms with Crippen molar-refractivity contribution in [2.45, 2.75) is 80.6 Å². The van der Waals surface area contributed by atoms with Crippen LogP contribution in [-0.4, -0.2) is 0 Å². The third-order valence-electron chi connectivity index (χ3n) is 5.81. The zero-order valence-corrected chi connectivity index (χ0v) is 14.6. The Bertz CT molecular complexity index is 242. The van der Waals surface area contributed by atoms with Gasteiger partial charge in [0.15, 0.2) is 0 Å². The first-order valence-electron chi connectivity index (χ1n) is 8.81. The van der Waals surface area contributed by atoms with Gasteiger partial charge in [-0.1, -0.05) is 61.3 Å². The lowest BCUT2D eigenvalue weighted by Crippen LogP contribution is -2.15. The Balaban J connectivity index is 2.19. The maximum atomic E-state index is 2.48. The molecule has 19 heavy (non-hydrogen) atoms. The molecular weight excluding hydrogens is 228 g/mol.